The summed E-state index contributed by atoms with van der Waals surface area (Å²) < 4.78 is 10.3. The number of nitrogens with one attached hydrogen (secondary N) is 1. The molecule has 1 aliphatic heterocycles. The van der Waals surface area contributed by atoms with Crippen LogP contribution in [-0.2, 0) is 14.3 Å². The average molecular weight is 419 g/mol. The van der Waals surface area contributed by atoms with Crippen molar-refractivity contribution < 1.29 is 28.4 Å². The van der Waals surface area contributed by atoms with E-state index in [0.717, 1.165) is 4.90 Å². The predicted molar refractivity (Wildman–Crippen MR) is 107 cm³/mol. The molecular formula is C22H17N3O6. The van der Waals surface area contributed by atoms with E-state index in [1.165, 1.54) is 18.2 Å². The van der Waals surface area contributed by atoms with Gasteiger partial charge in [-0.1, -0.05) is 47.6 Å². The minimum atomic E-state index is -1.32. The minimum absolute atomic E-state index is 0.167. The van der Waals surface area contributed by atoms with Gasteiger partial charge in [0, 0.05) is 11.6 Å². The lowest BCUT2D eigenvalue weighted by Gasteiger charge is -2.19. The van der Waals surface area contributed by atoms with Crippen LogP contribution in [0.2, 0.25) is 0 Å². The standard InChI is InChI=1S/C22H17N3O6/c1-13-11-17(24-31-13)23-20(27)19(14-7-3-2-4-8-14)30-18(26)12-25-21(28)15-9-5-6-10-16(15)22(25)29/h2-11,19H,12H2,1H3,(H,23,24,27). The lowest BCUT2D eigenvalue weighted by Crippen LogP contribution is -2.37. The molecule has 4 rings (SSSR count). The molecule has 0 aliphatic carbocycles. The SMILES string of the molecule is Cc1cc(NC(=O)C(OC(=O)CN2C(=O)c3ccccc3C2=O)c2ccccc2)no1. The predicted octanol–water partition coefficient (Wildman–Crippen LogP) is 2.50. The van der Waals surface area contributed by atoms with Crippen molar-refractivity contribution in [2.24, 2.45) is 0 Å². The topological polar surface area (TPSA) is 119 Å². The number of hydrogen-bond acceptors (Lipinski definition) is 7. The van der Waals surface area contributed by atoms with E-state index in [9.17, 15) is 19.2 Å². The van der Waals surface area contributed by atoms with Gasteiger partial charge in [0.05, 0.1) is 11.1 Å². The highest BCUT2D eigenvalue weighted by molar-refractivity contribution is 6.22. The molecule has 31 heavy (non-hydrogen) atoms. The molecule has 0 spiro atoms. The molecule has 0 saturated heterocycles. The van der Waals surface area contributed by atoms with Crippen LogP contribution in [0.3, 0.4) is 0 Å². The van der Waals surface area contributed by atoms with Crippen LogP contribution in [0.1, 0.15) is 38.1 Å². The molecule has 3 amide bonds. The summed E-state index contributed by atoms with van der Waals surface area (Å²) in [6.45, 7) is 1.05. The van der Waals surface area contributed by atoms with Crippen LogP contribution in [0.25, 0.3) is 0 Å². The van der Waals surface area contributed by atoms with Gasteiger partial charge < -0.3 is 14.6 Å². The molecule has 1 N–H and O–H groups in total. The van der Waals surface area contributed by atoms with Crippen LogP contribution in [-0.4, -0.2) is 40.3 Å². The highest BCUT2D eigenvalue weighted by Crippen LogP contribution is 2.24. The lowest BCUT2D eigenvalue weighted by atomic mass is 10.1. The zero-order valence-corrected chi connectivity index (χ0v) is 16.4. The fourth-order valence-corrected chi connectivity index (χ4v) is 3.20. The number of aromatic nitrogens is 1. The number of imide groups is 1. The van der Waals surface area contributed by atoms with Crippen LogP contribution in [0.15, 0.2) is 65.2 Å². The zero-order valence-electron chi connectivity index (χ0n) is 16.4. The molecule has 1 atom stereocenters. The molecular weight excluding hydrogens is 402 g/mol. The Bertz CT molecular complexity index is 1140. The van der Waals surface area contributed by atoms with Gasteiger partial charge >= 0.3 is 5.97 Å². The number of carbonyl (C=O) groups is 4. The first-order valence-corrected chi connectivity index (χ1v) is 9.38. The van der Waals surface area contributed by atoms with Gasteiger partial charge in [-0.25, -0.2) is 0 Å². The van der Waals surface area contributed by atoms with Crippen LogP contribution in [0.5, 0.6) is 0 Å². The van der Waals surface area contributed by atoms with Crippen molar-refractivity contribution in [3.63, 3.8) is 0 Å². The van der Waals surface area contributed by atoms with Gasteiger partial charge in [0.2, 0.25) is 6.10 Å². The molecule has 0 fully saturated rings. The van der Waals surface area contributed by atoms with Gasteiger partial charge in [-0.2, -0.15) is 0 Å². The first-order valence-electron chi connectivity index (χ1n) is 9.38. The molecule has 1 aromatic heterocycles. The van der Waals surface area contributed by atoms with E-state index in [1.807, 2.05) is 0 Å². The van der Waals surface area contributed by atoms with E-state index in [-0.39, 0.29) is 16.9 Å². The number of hydrogen-bond donors (Lipinski definition) is 1. The number of ether oxygens (including phenoxy) is 1. The summed E-state index contributed by atoms with van der Waals surface area (Å²) in [5.74, 6) is -2.08. The number of nitrogens with zero attached hydrogens (tertiary/aromatic N) is 2. The number of anilines is 1. The first kappa shape index (κ1) is 20.0. The molecule has 156 valence electrons. The third-order valence-corrected chi connectivity index (χ3v) is 4.63. The van der Waals surface area contributed by atoms with E-state index in [0.29, 0.717) is 11.3 Å². The lowest BCUT2D eigenvalue weighted by molar-refractivity contribution is -0.154. The Kier molecular flexibility index (Phi) is 5.31. The second-order valence-electron chi connectivity index (χ2n) is 6.83. The molecule has 9 nitrogen and oxygen atoms in total. The fourth-order valence-electron chi connectivity index (χ4n) is 3.20. The van der Waals surface area contributed by atoms with Gasteiger partial charge in [-0.3, -0.25) is 24.1 Å². The van der Waals surface area contributed by atoms with Crippen molar-refractivity contribution >= 4 is 29.5 Å². The highest BCUT2D eigenvalue weighted by atomic mass is 16.5. The zero-order chi connectivity index (χ0) is 22.0. The quantitative estimate of drug-likeness (QED) is 0.482. The maximum atomic E-state index is 12.8. The molecule has 9 heteroatoms. The van der Waals surface area contributed by atoms with E-state index >= 15 is 0 Å². The smallest absolute Gasteiger partial charge is 0.327 e. The Morgan fingerprint density at radius 3 is 2.23 bits per heavy atom. The summed E-state index contributed by atoms with van der Waals surface area (Å²) in [7, 11) is 0. The van der Waals surface area contributed by atoms with E-state index < -0.39 is 36.3 Å². The Balaban J connectivity index is 1.50. The Hall–Kier alpha value is -4.27. The Morgan fingerprint density at radius 2 is 1.65 bits per heavy atom. The Morgan fingerprint density at radius 1 is 1.03 bits per heavy atom. The van der Waals surface area contributed by atoms with Gasteiger partial charge in [-0.05, 0) is 19.1 Å². The second-order valence-corrected chi connectivity index (χ2v) is 6.83. The molecule has 0 bridgehead atoms. The Labute approximate surface area is 176 Å². The van der Waals surface area contributed by atoms with Crippen LogP contribution >= 0.6 is 0 Å². The third-order valence-electron chi connectivity index (χ3n) is 4.63. The van der Waals surface area contributed by atoms with Crippen molar-refractivity contribution in [3.05, 3.63) is 83.1 Å². The second kappa shape index (κ2) is 8.23. The summed E-state index contributed by atoms with van der Waals surface area (Å²) in [4.78, 5) is 51.1. The third kappa shape index (κ3) is 4.06. The number of benzene rings is 2. The van der Waals surface area contributed by atoms with Crippen molar-refractivity contribution in [3.8, 4) is 0 Å². The largest absolute Gasteiger partial charge is 0.446 e. The molecule has 2 aromatic carbocycles. The monoisotopic (exact) mass is 419 g/mol. The van der Waals surface area contributed by atoms with Crippen LogP contribution in [0.4, 0.5) is 5.82 Å². The van der Waals surface area contributed by atoms with Gasteiger partial charge in [0.15, 0.2) is 5.82 Å². The van der Waals surface area contributed by atoms with E-state index in [1.54, 1.807) is 49.4 Å². The molecule has 3 aromatic rings. The number of carbonyl (C=O) groups excluding carboxylic acids is 4. The summed E-state index contributed by atoms with van der Waals surface area (Å²) in [6.07, 6.45) is -1.32. The van der Waals surface area contributed by atoms with Gasteiger partial charge in [0.1, 0.15) is 12.3 Å². The van der Waals surface area contributed by atoms with E-state index in [4.69, 9.17) is 9.26 Å². The van der Waals surface area contributed by atoms with Crippen molar-refractivity contribution in [2.45, 2.75) is 13.0 Å². The van der Waals surface area contributed by atoms with Gasteiger partial charge in [0.25, 0.3) is 17.7 Å². The van der Waals surface area contributed by atoms with Crippen molar-refractivity contribution in [1.29, 1.82) is 0 Å². The van der Waals surface area contributed by atoms with Crippen molar-refractivity contribution in [2.75, 3.05) is 11.9 Å². The summed E-state index contributed by atoms with van der Waals surface area (Å²) >= 11 is 0. The molecule has 0 radical (unpaired) electrons. The maximum Gasteiger partial charge on any atom is 0.327 e. The average Bonchev–Trinajstić information content (AvgIpc) is 3.29. The molecule has 1 aliphatic rings. The van der Waals surface area contributed by atoms with Gasteiger partial charge in [-0.15, -0.1) is 0 Å². The number of esters is 1. The van der Waals surface area contributed by atoms with Crippen molar-refractivity contribution in [1.82, 2.24) is 10.1 Å². The molecule has 2 heterocycles. The highest BCUT2D eigenvalue weighted by Gasteiger charge is 2.37. The number of rotatable bonds is 6. The summed E-state index contributed by atoms with van der Waals surface area (Å²) in [5.41, 5.74) is 0.856. The molecule has 1 unspecified atom stereocenters. The minimum Gasteiger partial charge on any atom is -0.446 e. The van der Waals surface area contributed by atoms with E-state index in [2.05, 4.69) is 10.5 Å². The number of fused-ring (bicyclic) bond motifs is 1. The summed E-state index contributed by atoms with van der Waals surface area (Å²) in [5, 5.41) is 6.22. The summed E-state index contributed by atoms with van der Waals surface area (Å²) in [6, 6.07) is 16.2. The first-order chi connectivity index (χ1) is 14.9. The van der Waals surface area contributed by atoms with Crippen LogP contribution in [0, 0.1) is 6.92 Å². The van der Waals surface area contributed by atoms with Crippen LogP contribution < -0.4 is 5.32 Å². The maximum absolute atomic E-state index is 12.8. The number of amides is 3. The molecule has 0 saturated carbocycles. The fraction of sp³-hybridized carbons (Fsp3) is 0.136. The number of aryl methyl sites for hydroxylation is 1. The normalized spacial score (nSPS) is 13.6.